The highest BCUT2D eigenvalue weighted by molar-refractivity contribution is 9.39. The molecule has 0 bridgehead atoms. The molecule has 0 saturated carbocycles. The summed E-state index contributed by atoms with van der Waals surface area (Å²) in [5.41, 5.74) is 8.44. The van der Waals surface area contributed by atoms with Crippen LogP contribution in [0.15, 0.2) is 33.7 Å². The Kier molecular flexibility index (Phi) is 6.05. The largest absolute Gasteiger partial charge is 0.465 e. The van der Waals surface area contributed by atoms with E-state index in [9.17, 15) is 18.3 Å². The average Bonchev–Trinajstić information content (AvgIpc) is 2.35. The van der Waals surface area contributed by atoms with Crippen LogP contribution in [0.5, 0.6) is 0 Å². The fourth-order valence-corrected chi connectivity index (χ4v) is 2.76. The lowest BCUT2D eigenvalue weighted by Crippen LogP contribution is -2.36. The van der Waals surface area contributed by atoms with Crippen LogP contribution in [-0.2, 0) is 10.0 Å². The lowest BCUT2D eigenvalue weighted by molar-refractivity contribution is 0.202. The van der Waals surface area contributed by atoms with Crippen molar-refractivity contribution in [2.75, 3.05) is 11.4 Å². The second-order valence-corrected chi connectivity index (χ2v) is 12.5. The second kappa shape index (κ2) is 6.97. The predicted molar refractivity (Wildman–Crippen MR) is 87.7 cm³/mol. The molecule has 114 valence electrons. The van der Waals surface area contributed by atoms with E-state index in [1.54, 1.807) is 0 Å². The number of rotatable bonds is 4. The first-order chi connectivity index (χ1) is 9.57. The first kappa shape index (κ1) is 18.2. The molecule has 0 aliphatic rings. The minimum atomic E-state index is -4.09. The summed E-state index contributed by atoms with van der Waals surface area (Å²) in [5, 5.41) is 9.18. The van der Waals surface area contributed by atoms with Crippen LogP contribution in [0, 0.1) is 0 Å². The molecule has 8 nitrogen and oxygen atoms in total. The number of anilines is 1. The van der Waals surface area contributed by atoms with Crippen LogP contribution in [0.1, 0.15) is 0 Å². The summed E-state index contributed by atoms with van der Waals surface area (Å²) in [5.74, 6) is 0. The van der Waals surface area contributed by atoms with Gasteiger partial charge in [-0.15, -0.1) is 0 Å². The minimum absolute atomic E-state index is 0.00474. The number of sulfonamides is 1. The van der Waals surface area contributed by atoms with Gasteiger partial charge in [-0.05, 0) is 29.8 Å². The molecule has 0 aliphatic heterocycles. The summed E-state index contributed by atoms with van der Waals surface area (Å²) in [7, 11) is -4.09. The van der Waals surface area contributed by atoms with Gasteiger partial charge in [0.15, 0.2) is 2.14 Å². The highest BCUT2D eigenvalue weighted by Crippen LogP contribution is 2.35. The normalized spacial score (nSPS) is 11.6. The van der Waals surface area contributed by atoms with Crippen molar-refractivity contribution < 1.29 is 18.3 Å². The fraction of sp³-hybridized carbons (Fsp3) is 0.222. The van der Waals surface area contributed by atoms with Gasteiger partial charge in [0, 0.05) is 15.1 Å². The van der Waals surface area contributed by atoms with E-state index in [1.165, 1.54) is 12.1 Å². The van der Waals surface area contributed by atoms with E-state index in [0.717, 1.165) is 17.0 Å². The van der Waals surface area contributed by atoms with Crippen LogP contribution < -0.4 is 4.90 Å². The van der Waals surface area contributed by atoms with E-state index in [1.807, 2.05) is 0 Å². The first-order valence-corrected chi connectivity index (χ1v) is 8.87. The topological polar surface area (TPSA) is 123 Å². The van der Waals surface area contributed by atoms with Crippen LogP contribution in [-0.4, -0.2) is 28.3 Å². The molecule has 1 rings (SSSR count). The Bertz CT molecular complexity index is 680. The molecule has 0 unspecified atom stereocenters. The van der Waals surface area contributed by atoms with Gasteiger partial charge in [0.1, 0.15) is 0 Å². The van der Waals surface area contributed by atoms with Gasteiger partial charge < -0.3 is 5.11 Å². The van der Waals surface area contributed by atoms with E-state index < -0.39 is 18.3 Å². The van der Waals surface area contributed by atoms with Crippen LogP contribution in [0.25, 0.3) is 10.4 Å². The molecular weight excluding hydrogens is 500 g/mol. The van der Waals surface area contributed by atoms with Crippen molar-refractivity contribution in [1.29, 1.82) is 0 Å². The van der Waals surface area contributed by atoms with Gasteiger partial charge in [0.05, 0.1) is 11.4 Å². The SMILES string of the molecule is [N-]=[N+]=NS(=O)(=O)c1ccc(N(CC(Br)(Br)Br)C(=O)O)cc1. The summed E-state index contributed by atoms with van der Waals surface area (Å²) in [6, 6.07) is 4.92. The molecule has 1 amide bonds. The Labute approximate surface area is 145 Å². The number of hydrogen-bond donors (Lipinski definition) is 1. The smallest absolute Gasteiger partial charge is 0.411 e. The zero-order valence-electron chi connectivity index (χ0n) is 10.0. The molecule has 0 heterocycles. The zero-order chi connectivity index (χ0) is 16.3. The molecule has 1 aromatic rings. The third-order valence-electron chi connectivity index (χ3n) is 2.16. The van der Waals surface area contributed by atoms with Crippen molar-refractivity contribution in [2.45, 2.75) is 7.04 Å². The van der Waals surface area contributed by atoms with E-state index in [4.69, 9.17) is 5.53 Å². The van der Waals surface area contributed by atoms with Gasteiger partial charge in [0.2, 0.25) is 0 Å². The van der Waals surface area contributed by atoms with Gasteiger partial charge in [-0.25, -0.2) is 13.2 Å². The average molecular weight is 507 g/mol. The Morgan fingerprint density at radius 2 is 1.86 bits per heavy atom. The minimum Gasteiger partial charge on any atom is -0.465 e. The van der Waals surface area contributed by atoms with Gasteiger partial charge in [0.25, 0.3) is 10.0 Å². The zero-order valence-corrected chi connectivity index (χ0v) is 15.6. The Morgan fingerprint density at radius 3 is 2.24 bits per heavy atom. The number of carbonyl (C=O) groups is 1. The first-order valence-electron chi connectivity index (χ1n) is 5.05. The van der Waals surface area contributed by atoms with Gasteiger partial charge >= 0.3 is 6.09 Å². The van der Waals surface area contributed by atoms with Crippen LogP contribution in [0.2, 0.25) is 0 Å². The monoisotopic (exact) mass is 504 g/mol. The summed E-state index contributed by atoms with van der Waals surface area (Å²) in [6.45, 7) is 0.00474. The molecule has 1 aromatic carbocycles. The molecule has 0 aromatic heterocycles. The number of hydrogen-bond acceptors (Lipinski definition) is 3. The van der Waals surface area contributed by atoms with Crippen molar-refractivity contribution in [3.8, 4) is 0 Å². The number of nitrogens with zero attached hydrogens (tertiary/aromatic N) is 4. The Balaban J connectivity index is 3.15. The molecule has 0 spiro atoms. The van der Waals surface area contributed by atoms with Gasteiger partial charge in [-0.3, -0.25) is 4.90 Å². The summed E-state index contributed by atoms with van der Waals surface area (Å²) < 4.78 is 24.9. The van der Waals surface area contributed by atoms with Gasteiger partial charge in [-0.2, -0.15) is 0 Å². The Hall–Kier alpha value is -0.810. The third kappa shape index (κ3) is 5.47. The fourth-order valence-electron chi connectivity index (χ4n) is 1.34. The molecule has 0 radical (unpaired) electrons. The number of alkyl halides is 3. The number of benzene rings is 1. The lowest BCUT2D eigenvalue weighted by Gasteiger charge is -2.24. The van der Waals surface area contributed by atoms with Crippen molar-refractivity contribution in [3.63, 3.8) is 0 Å². The quantitative estimate of drug-likeness (QED) is 0.287. The number of azide groups is 1. The van der Waals surface area contributed by atoms with Crippen molar-refractivity contribution in [3.05, 3.63) is 34.7 Å². The molecule has 12 heteroatoms. The molecule has 0 saturated heterocycles. The van der Waals surface area contributed by atoms with Crippen molar-refractivity contribution >= 4 is 69.6 Å². The summed E-state index contributed by atoms with van der Waals surface area (Å²) >= 11 is 9.57. The molecule has 0 aliphatic carbocycles. The maximum atomic E-state index is 11.5. The van der Waals surface area contributed by atoms with E-state index in [2.05, 4.69) is 57.2 Å². The van der Waals surface area contributed by atoms with Crippen LogP contribution >= 0.6 is 47.8 Å². The third-order valence-corrected chi connectivity index (χ3v) is 4.07. The summed E-state index contributed by atoms with van der Waals surface area (Å²) in [4.78, 5) is 14.2. The summed E-state index contributed by atoms with van der Waals surface area (Å²) in [6.07, 6.45) is -1.22. The van der Waals surface area contributed by atoms with E-state index in [0.29, 0.717) is 0 Å². The Morgan fingerprint density at radius 1 is 1.33 bits per heavy atom. The number of halogens is 3. The number of carboxylic acid groups (broad SMARTS) is 1. The molecule has 21 heavy (non-hydrogen) atoms. The number of amides is 1. The molecular formula is C9H7Br3N4O4S. The lowest BCUT2D eigenvalue weighted by atomic mass is 10.3. The van der Waals surface area contributed by atoms with Crippen molar-refractivity contribution in [2.24, 2.45) is 4.52 Å². The highest BCUT2D eigenvalue weighted by Gasteiger charge is 2.26. The van der Waals surface area contributed by atoms with Crippen LogP contribution in [0.4, 0.5) is 10.5 Å². The van der Waals surface area contributed by atoms with E-state index >= 15 is 0 Å². The molecule has 0 fully saturated rings. The van der Waals surface area contributed by atoms with E-state index in [-0.39, 0.29) is 17.1 Å². The van der Waals surface area contributed by atoms with Crippen molar-refractivity contribution in [1.82, 2.24) is 0 Å². The molecule has 1 N–H and O–H groups in total. The van der Waals surface area contributed by atoms with Gasteiger partial charge in [-0.1, -0.05) is 47.8 Å². The van der Waals surface area contributed by atoms with Crippen LogP contribution in [0.3, 0.4) is 0 Å². The predicted octanol–water partition coefficient (Wildman–Crippen LogP) is 4.01. The maximum Gasteiger partial charge on any atom is 0.411 e. The molecule has 0 atom stereocenters. The maximum absolute atomic E-state index is 11.5. The highest BCUT2D eigenvalue weighted by atomic mass is 80.0. The standard InChI is InChI=1S/C9H7Br3N4O4S/c10-9(11,12)5-16(8(17)18)6-1-3-7(4-2-6)21(19,20)15-14-13/h1-4H,5H2,(H,17,18). The second-order valence-electron chi connectivity index (χ2n) is 3.62.